The van der Waals surface area contributed by atoms with E-state index in [9.17, 15) is 9.18 Å². The minimum Gasteiger partial charge on any atom is -0.444 e. The maximum absolute atomic E-state index is 14.8. The predicted molar refractivity (Wildman–Crippen MR) is 134 cm³/mol. The second kappa shape index (κ2) is 9.80. The highest BCUT2D eigenvalue weighted by Gasteiger charge is 2.37. The summed E-state index contributed by atoms with van der Waals surface area (Å²) in [6.07, 6.45) is 0.808. The first-order valence-corrected chi connectivity index (χ1v) is 14.8. The number of carbonyl (C=O) groups excluding carboxylic acids is 1. The maximum Gasteiger partial charge on any atom is 0.410 e. The summed E-state index contributed by atoms with van der Waals surface area (Å²) in [5, 5.41) is 4.48. The fourth-order valence-corrected chi connectivity index (χ4v) is 4.17. The number of halogens is 1. The van der Waals surface area contributed by atoms with Crippen molar-refractivity contribution in [3.05, 3.63) is 17.8 Å². The number of nitrogens with zero attached hydrogens (tertiary/aromatic N) is 7. The van der Waals surface area contributed by atoms with Crippen LogP contribution in [0.2, 0.25) is 18.1 Å². The molecule has 1 aliphatic heterocycles. The third-order valence-electron chi connectivity index (χ3n) is 6.33. The molecule has 0 radical (unpaired) electrons. The second-order valence-electron chi connectivity index (χ2n) is 11.3. The summed E-state index contributed by atoms with van der Waals surface area (Å²) in [7, 11) is -0.270. The Bertz CT molecular complexity index is 1050. The van der Waals surface area contributed by atoms with E-state index in [-0.39, 0.29) is 23.4 Å². The van der Waals surface area contributed by atoms with Crippen LogP contribution in [0.4, 0.5) is 15.1 Å². The molecule has 12 heteroatoms. The van der Waals surface area contributed by atoms with E-state index in [2.05, 4.69) is 53.9 Å². The Morgan fingerprint density at radius 2 is 1.71 bits per heavy atom. The maximum atomic E-state index is 14.8. The highest BCUT2D eigenvalue weighted by atomic mass is 28.4. The Balaban J connectivity index is 1.72. The molecule has 0 bridgehead atoms. The van der Waals surface area contributed by atoms with Crippen LogP contribution in [0.15, 0.2) is 6.20 Å². The predicted octanol–water partition coefficient (Wildman–Crippen LogP) is 3.99. The van der Waals surface area contributed by atoms with Crippen LogP contribution >= 0.6 is 0 Å². The van der Waals surface area contributed by atoms with Crippen molar-refractivity contribution in [3.63, 3.8) is 0 Å². The summed E-state index contributed by atoms with van der Waals surface area (Å²) < 4.78 is 27.9. The normalized spacial score (nSPS) is 15.5. The first-order valence-electron chi connectivity index (χ1n) is 11.9. The van der Waals surface area contributed by atoms with E-state index in [0.29, 0.717) is 43.8 Å². The zero-order valence-corrected chi connectivity index (χ0v) is 23.3. The molecule has 3 heterocycles. The van der Waals surface area contributed by atoms with Crippen LogP contribution in [-0.4, -0.2) is 75.8 Å². The number of ether oxygens (including phenoxy) is 1. The van der Waals surface area contributed by atoms with Crippen LogP contribution in [-0.2, 0) is 22.8 Å². The number of hydrogen-bond donors (Lipinski definition) is 0. The molecule has 194 valence electrons. The second-order valence-corrected chi connectivity index (χ2v) is 16.2. The van der Waals surface area contributed by atoms with E-state index >= 15 is 0 Å². The summed E-state index contributed by atoms with van der Waals surface area (Å²) in [5.74, 6) is 0.603. The van der Waals surface area contributed by atoms with Crippen LogP contribution in [0, 0.1) is 5.82 Å². The van der Waals surface area contributed by atoms with E-state index < -0.39 is 19.7 Å². The van der Waals surface area contributed by atoms with Gasteiger partial charge >= 0.3 is 6.09 Å². The fraction of sp³-hybridized carbons (Fsp3) is 0.696. The number of rotatable bonds is 5. The molecule has 1 aliphatic rings. The quantitative estimate of drug-likeness (QED) is 0.560. The third kappa shape index (κ3) is 6.54. The molecule has 0 saturated carbocycles. The van der Waals surface area contributed by atoms with Gasteiger partial charge in [0.15, 0.2) is 25.8 Å². The zero-order valence-electron chi connectivity index (χ0n) is 22.3. The lowest BCUT2D eigenvalue weighted by atomic mass is 10.2. The minimum absolute atomic E-state index is 0.0613. The van der Waals surface area contributed by atoms with Crippen LogP contribution in [0.1, 0.15) is 47.4 Å². The summed E-state index contributed by atoms with van der Waals surface area (Å²) in [6, 6.07) is 0. The number of carbonyl (C=O) groups is 1. The Labute approximate surface area is 208 Å². The molecule has 10 nitrogen and oxygen atoms in total. The summed E-state index contributed by atoms with van der Waals surface area (Å²) in [6.45, 7) is 18.6. The highest BCUT2D eigenvalue weighted by Crippen LogP contribution is 2.37. The SMILES string of the molecule is Cn1nc(CO[Si](C)(C)C(C)(C)C)nc1-c1nc(N2CCN(C(=O)OC(C)(C)C)CC2)ncc1F. The molecule has 0 atom stereocenters. The Kier molecular flexibility index (Phi) is 7.56. The van der Waals surface area contributed by atoms with Crippen LogP contribution in [0.3, 0.4) is 0 Å². The van der Waals surface area contributed by atoms with Crippen molar-refractivity contribution in [1.29, 1.82) is 0 Å². The van der Waals surface area contributed by atoms with Crippen molar-refractivity contribution in [3.8, 4) is 11.5 Å². The van der Waals surface area contributed by atoms with Crippen LogP contribution < -0.4 is 4.90 Å². The standard InChI is InChI=1S/C23H38FN7O3Si/c1-22(2,3)34-21(32)31-12-10-30(11-13-31)20-25-14-16(24)18(27-20)19-26-17(28-29(19)7)15-33-35(8,9)23(4,5)6/h14H,10-13,15H2,1-9H3. The molecule has 35 heavy (non-hydrogen) atoms. The van der Waals surface area contributed by atoms with Gasteiger partial charge in [-0.3, -0.25) is 0 Å². The smallest absolute Gasteiger partial charge is 0.410 e. The average Bonchev–Trinajstić information content (AvgIpc) is 3.11. The summed E-state index contributed by atoms with van der Waals surface area (Å²) >= 11 is 0. The molecular formula is C23H38FN7O3Si. The lowest BCUT2D eigenvalue weighted by Gasteiger charge is -2.35. The molecule has 0 unspecified atom stereocenters. The lowest BCUT2D eigenvalue weighted by Crippen LogP contribution is -2.50. The molecule has 2 aromatic rings. The van der Waals surface area contributed by atoms with Crippen molar-refractivity contribution >= 4 is 20.4 Å². The Hall–Kier alpha value is -2.60. The monoisotopic (exact) mass is 507 g/mol. The zero-order chi connectivity index (χ0) is 26.2. The molecule has 1 fully saturated rings. The van der Waals surface area contributed by atoms with Crippen molar-refractivity contribution in [2.45, 2.75) is 71.9 Å². The Morgan fingerprint density at radius 3 is 2.29 bits per heavy atom. The summed E-state index contributed by atoms with van der Waals surface area (Å²) in [5.41, 5.74) is -0.466. The summed E-state index contributed by atoms with van der Waals surface area (Å²) in [4.78, 5) is 29.1. The largest absolute Gasteiger partial charge is 0.444 e. The van der Waals surface area contributed by atoms with Gasteiger partial charge in [0.1, 0.15) is 11.3 Å². The first-order chi connectivity index (χ1) is 16.1. The number of hydrogen-bond acceptors (Lipinski definition) is 8. The molecule has 2 aromatic heterocycles. The van der Waals surface area contributed by atoms with Crippen molar-refractivity contribution in [2.24, 2.45) is 7.05 Å². The van der Waals surface area contributed by atoms with Gasteiger partial charge < -0.3 is 19.0 Å². The number of aryl methyl sites for hydroxylation is 1. The van der Waals surface area contributed by atoms with Crippen molar-refractivity contribution in [2.75, 3.05) is 31.1 Å². The van der Waals surface area contributed by atoms with E-state index in [4.69, 9.17) is 9.16 Å². The van der Waals surface area contributed by atoms with Gasteiger partial charge in [-0.15, -0.1) is 0 Å². The number of aromatic nitrogens is 5. The number of piperazine rings is 1. The van der Waals surface area contributed by atoms with Crippen molar-refractivity contribution in [1.82, 2.24) is 29.6 Å². The highest BCUT2D eigenvalue weighted by molar-refractivity contribution is 6.74. The number of amides is 1. The molecule has 0 spiro atoms. The molecule has 0 N–H and O–H groups in total. The van der Waals surface area contributed by atoms with E-state index in [0.717, 1.165) is 6.20 Å². The van der Waals surface area contributed by atoms with E-state index in [1.165, 1.54) is 4.68 Å². The first kappa shape index (κ1) is 27.0. The van der Waals surface area contributed by atoms with E-state index in [1.807, 2.05) is 25.7 Å². The van der Waals surface area contributed by atoms with E-state index in [1.54, 1.807) is 11.9 Å². The van der Waals surface area contributed by atoms with Crippen LogP contribution in [0.5, 0.6) is 0 Å². The van der Waals surface area contributed by atoms with Gasteiger partial charge in [-0.2, -0.15) is 5.10 Å². The lowest BCUT2D eigenvalue weighted by molar-refractivity contribution is 0.0240. The molecular weight excluding hydrogens is 469 g/mol. The van der Waals surface area contributed by atoms with Gasteiger partial charge in [-0.25, -0.2) is 28.8 Å². The Morgan fingerprint density at radius 1 is 1.09 bits per heavy atom. The minimum atomic E-state index is -1.98. The molecule has 0 aromatic carbocycles. The van der Waals surface area contributed by atoms with Gasteiger partial charge in [0.25, 0.3) is 0 Å². The van der Waals surface area contributed by atoms with Gasteiger partial charge in [-0.05, 0) is 38.9 Å². The molecule has 1 amide bonds. The van der Waals surface area contributed by atoms with Gasteiger partial charge in [0, 0.05) is 33.2 Å². The number of anilines is 1. The van der Waals surface area contributed by atoms with Gasteiger partial charge in [-0.1, -0.05) is 20.8 Å². The van der Waals surface area contributed by atoms with Crippen LogP contribution in [0.25, 0.3) is 11.5 Å². The van der Waals surface area contributed by atoms with Gasteiger partial charge in [0.05, 0.1) is 12.8 Å². The van der Waals surface area contributed by atoms with Crippen molar-refractivity contribution < 1.29 is 18.3 Å². The molecule has 3 rings (SSSR count). The topological polar surface area (TPSA) is 98.5 Å². The van der Waals surface area contributed by atoms with Gasteiger partial charge in [0.2, 0.25) is 5.95 Å². The molecule has 0 aliphatic carbocycles. The third-order valence-corrected chi connectivity index (χ3v) is 10.8. The fourth-order valence-electron chi connectivity index (χ4n) is 3.25. The molecule has 1 saturated heterocycles. The average molecular weight is 508 g/mol.